The summed E-state index contributed by atoms with van der Waals surface area (Å²) >= 11 is 0. The molecule has 0 bridgehead atoms. The van der Waals surface area contributed by atoms with Crippen LogP contribution in [-0.4, -0.2) is 41.5 Å². The van der Waals surface area contributed by atoms with Crippen molar-refractivity contribution >= 4 is 17.6 Å². The first-order valence-electron chi connectivity index (χ1n) is 8.08. The Morgan fingerprint density at radius 1 is 1.13 bits per heavy atom. The molecule has 0 aliphatic carbocycles. The van der Waals surface area contributed by atoms with Gasteiger partial charge in [0.05, 0.1) is 5.92 Å². The monoisotopic (exact) mass is 314 g/mol. The number of hydrogen-bond acceptors (Lipinski definition) is 3. The van der Waals surface area contributed by atoms with Crippen LogP contribution in [0.5, 0.6) is 0 Å². The summed E-state index contributed by atoms with van der Waals surface area (Å²) in [4.78, 5) is 27.3. The van der Waals surface area contributed by atoms with Gasteiger partial charge in [-0.05, 0) is 25.0 Å². The fourth-order valence-electron chi connectivity index (χ4n) is 3.46. The minimum atomic E-state index is -0.707. The van der Waals surface area contributed by atoms with Crippen LogP contribution in [0.25, 0.3) is 0 Å². The normalized spacial score (nSPS) is 22.4. The lowest BCUT2D eigenvalue weighted by Gasteiger charge is -2.35. The zero-order valence-corrected chi connectivity index (χ0v) is 13.1. The van der Waals surface area contributed by atoms with Crippen LogP contribution in [0.15, 0.2) is 42.6 Å². The average Bonchev–Trinajstić information content (AvgIpc) is 2.97. The number of carboxylic acid groups (broad SMARTS) is 1. The molecule has 1 atom stereocenters. The Morgan fingerprint density at radius 3 is 2.39 bits per heavy atom. The summed E-state index contributed by atoms with van der Waals surface area (Å²) in [6.07, 6.45) is 1.78. The molecule has 1 N–H and O–H groups in total. The molecule has 1 aromatic carbocycles. The van der Waals surface area contributed by atoms with Crippen molar-refractivity contribution in [3.05, 3.63) is 42.6 Å². The second-order valence-electron chi connectivity index (χ2n) is 6.33. The highest BCUT2D eigenvalue weighted by Gasteiger charge is 2.35. The lowest BCUT2D eigenvalue weighted by molar-refractivity contribution is -0.143. The van der Waals surface area contributed by atoms with Gasteiger partial charge in [-0.3, -0.25) is 9.59 Å². The first-order chi connectivity index (χ1) is 11.1. The molecule has 0 radical (unpaired) electrons. The summed E-state index contributed by atoms with van der Waals surface area (Å²) < 4.78 is 0. The summed E-state index contributed by atoms with van der Waals surface area (Å²) in [5, 5.41) is 9.08. The SMILES string of the molecule is C=C(C1CC(=O)N(c2ccccc2)C1)N1CCC(C(=O)O)CC1. The van der Waals surface area contributed by atoms with E-state index in [1.54, 1.807) is 0 Å². The summed E-state index contributed by atoms with van der Waals surface area (Å²) in [6, 6.07) is 9.69. The van der Waals surface area contributed by atoms with Gasteiger partial charge in [0.15, 0.2) is 0 Å². The maximum atomic E-state index is 12.3. The third kappa shape index (κ3) is 3.23. The number of piperidine rings is 1. The van der Waals surface area contributed by atoms with Crippen molar-refractivity contribution in [3.8, 4) is 0 Å². The molecule has 2 aliphatic rings. The number of carboxylic acids is 1. The fraction of sp³-hybridized carbons (Fsp3) is 0.444. The van der Waals surface area contributed by atoms with Crippen molar-refractivity contribution in [1.82, 2.24) is 4.90 Å². The molecule has 0 aromatic heterocycles. The topological polar surface area (TPSA) is 60.9 Å². The van der Waals surface area contributed by atoms with Crippen LogP contribution in [0.1, 0.15) is 19.3 Å². The van der Waals surface area contributed by atoms with Crippen molar-refractivity contribution in [2.75, 3.05) is 24.5 Å². The lowest BCUT2D eigenvalue weighted by atomic mass is 9.95. The van der Waals surface area contributed by atoms with E-state index in [0.717, 1.165) is 11.4 Å². The number of rotatable bonds is 4. The van der Waals surface area contributed by atoms with Gasteiger partial charge in [0.2, 0.25) is 5.91 Å². The predicted octanol–water partition coefficient (Wildman–Crippen LogP) is 2.35. The largest absolute Gasteiger partial charge is 0.481 e. The van der Waals surface area contributed by atoms with Crippen molar-refractivity contribution < 1.29 is 14.7 Å². The summed E-state index contributed by atoms with van der Waals surface area (Å²) in [7, 11) is 0. The van der Waals surface area contributed by atoms with Crippen LogP contribution in [0.4, 0.5) is 5.69 Å². The number of carbonyl (C=O) groups excluding carboxylic acids is 1. The molecule has 1 aromatic rings. The van der Waals surface area contributed by atoms with Crippen molar-refractivity contribution in [1.29, 1.82) is 0 Å². The van der Waals surface area contributed by atoms with Crippen molar-refractivity contribution in [3.63, 3.8) is 0 Å². The van der Waals surface area contributed by atoms with E-state index in [1.165, 1.54) is 0 Å². The zero-order chi connectivity index (χ0) is 16.4. The number of carbonyl (C=O) groups is 2. The van der Waals surface area contributed by atoms with Gasteiger partial charge >= 0.3 is 5.97 Å². The summed E-state index contributed by atoms with van der Waals surface area (Å²) in [6.45, 7) is 6.27. The number of hydrogen-bond donors (Lipinski definition) is 1. The number of benzene rings is 1. The molecule has 1 amide bonds. The van der Waals surface area contributed by atoms with E-state index in [4.69, 9.17) is 5.11 Å². The number of amides is 1. The number of likely N-dealkylation sites (tertiary alicyclic amines) is 1. The fourth-order valence-corrected chi connectivity index (χ4v) is 3.46. The van der Waals surface area contributed by atoms with E-state index in [1.807, 2.05) is 35.2 Å². The summed E-state index contributed by atoms with van der Waals surface area (Å²) in [5.74, 6) is -0.710. The Labute approximate surface area is 136 Å². The van der Waals surface area contributed by atoms with E-state index < -0.39 is 5.97 Å². The Hall–Kier alpha value is -2.30. The van der Waals surface area contributed by atoms with Crippen LogP contribution in [-0.2, 0) is 9.59 Å². The lowest BCUT2D eigenvalue weighted by Crippen LogP contribution is -2.37. The molecule has 2 saturated heterocycles. The highest BCUT2D eigenvalue weighted by Crippen LogP contribution is 2.32. The van der Waals surface area contributed by atoms with E-state index in [-0.39, 0.29) is 17.7 Å². The molecule has 5 heteroatoms. The van der Waals surface area contributed by atoms with Crippen molar-refractivity contribution in [2.45, 2.75) is 19.3 Å². The molecule has 2 heterocycles. The first kappa shape index (κ1) is 15.6. The van der Waals surface area contributed by atoms with E-state index in [0.29, 0.717) is 38.9 Å². The van der Waals surface area contributed by atoms with Gasteiger partial charge in [0.1, 0.15) is 0 Å². The van der Waals surface area contributed by atoms with Gasteiger partial charge in [-0.15, -0.1) is 0 Å². The van der Waals surface area contributed by atoms with Gasteiger partial charge in [0.25, 0.3) is 0 Å². The van der Waals surface area contributed by atoms with Crippen LogP contribution in [0.2, 0.25) is 0 Å². The number of anilines is 1. The number of nitrogens with zero attached hydrogens (tertiary/aromatic N) is 2. The highest BCUT2D eigenvalue weighted by atomic mass is 16.4. The molecular weight excluding hydrogens is 292 g/mol. The van der Waals surface area contributed by atoms with Crippen LogP contribution in [0, 0.1) is 11.8 Å². The van der Waals surface area contributed by atoms with Crippen molar-refractivity contribution in [2.24, 2.45) is 11.8 Å². The maximum Gasteiger partial charge on any atom is 0.306 e. The van der Waals surface area contributed by atoms with E-state index in [9.17, 15) is 9.59 Å². The molecule has 2 aliphatic heterocycles. The number of para-hydroxylation sites is 1. The van der Waals surface area contributed by atoms with E-state index in [2.05, 4.69) is 11.5 Å². The highest BCUT2D eigenvalue weighted by molar-refractivity contribution is 5.96. The minimum absolute atomic E-state index is 0.115. The molecule has 5 nitrogen and oxygen atoms in total. The Kier molecular flexibility index (Phi) is 4.37. The molecule has 122 valence electrons. The molecule has 0 spiro atoms. The van der Waals surface area contributed by atoms with Gasteiger partial charge in [-0.1, -0.05) is 24.8 Å². The number of aliphatic carboxylic acids is 1. The Balaban J connectivity index is 1.61. The van der Waals surface area contributed by atoms with Crippen LogP contribution < -0.4 is 4.90 Å². The van der Waals surface area contributed by atoms with Gasteiger partial charge in [0, 0.05) is 43.4 Å². The summed E-state index contributed by atoms with van der Waals surface area (Å²) in [5.41, 5.74) is 1.90. The third-order valence-electron chi connectivity index (χ3n) is 4.91. The van der Waals surface area contributed by atoms with Gasteiger partial charge in [-0.2, -0.15) is 0 Å². The first-order valence-corrected chi connectivity index (χ1v) is 8.08. The molecule has 1 unspecified atom stereocenters. The molecule has 3 rings (SSSR count). The minimum Gasteiger partial charge on any atom is -0.481 e. The smallest absolute Gasteiger partial charge is 0.306 e. The third-order valence-corrected chi connectivity index (χ3v) is 4.91. The Morgan fingerprint density at radius 2 is 1.78 bits per heavy atom. The van der Waals surface area contributed by atoms with E-state index >= 15 is 0 Å². The standard InChI is InChI=1S/C18H22N2O3/c1-13(19-9-7-14(8-10-19)18(22)23)15-11-17(21)20(12-15)16-5-3-2-4-6-16/h2-6,14-15H,1,7-12H2,(H,22,23). The molecular formula is C18H22N2O3. The quantitative estimate of drug-likeness (QED) is 0.927. The molecule has 0 saturated carbocycles. The maximum absolute atomic E-state index is 12.3. The van der Waals surface area contributed by atoms with Crippen LogP contribution >= 0.6 is 0 Å². The average molecular weight is 314 g/mol. The second kappa shape index (κ2) is 6.44. The van der Waals surface area contributed by atoms with Gasteiger partial charge < -0.3 is 14.9 Å². The predicted molar refractivity (Wildman–Crippen MR) is 88.0 cm³/mol. The van der Waals surface area contributed by atoms with Gasteiger partial charge in [-0.25, -0.2) is 0 Å². The van der Waals surface area contributed by atoms with Crippen LogP contribution in [0.3, 0.4) is 0 Å². The zero-order valence-electron chi connectivity index (χ0n) is 13.1. The Bertz CT molecular complexity index is 606. The second-order valence-corrected chi connectivity index (χ2v) is 6.33. The molecule has 2 fully saturated rings. The molecule has 23 heavy (non-hydrogen) atoms.